The molecule has 1 spiro atoms. The molecule has 1 aromatic heterocycles. The molecule has 2 heterocycles. The summed E-state index contributed by atoms with van der Waals surface area (Å²) in [5.41, 5.74) is 2.27. The van der Waals surface area contributed by atoms with Crippen molar-refractivity contribution in [3.63, 3.8) is 0 Å². The lowest BCUT2D eigenvalue weighted by atomic mass is 9.76. The number of urea groups is 1. The number of aryl methyl sites for hydroxylation is 1. The van der Waals surface area contributed by atoms with Crippen molar-refractivity contribution in [2.75, 3.05) is 4.90 Å². The number of fused-ring (bicyclic) bond motifs is 2. The van der Waals surface area contributed by atoms with Gasteiger partial charge >= 0.3 is 6.03 Å². The van der Waals surface area contributed by atoms with E-state index in [1.165, 1.54) is 28.1 Å². The first-order valence-electron chi connectivity index (χ1n) is 10.5. The van der Waals surface area contributed by atoms with Gasteiger partial charge in [-0.3, -0.25) is 19.4 Å². The standard InChI is InChI=1S/C24H22N4O3S/c1-16(29)28(19-10-3-2-4-11-19)23-25-18(15-32-23)14-27-21(30)24(26-22(27)31)13-7-9-17-8-5-6-12-20(17)24/h2-6,8,10-12,15H,7,9,13-14H2,1H3,(H,26,31). The maximum absolute atomic E-state index is 13.5. The molecule has 1 atom stereocenters. The number of benzene rings is 2. The van der Waals surface area contributed by atoms with E-state index in [2.05, 4.69) is 10.3 Å². The molecule has 1 fully saturated rings. The summed E-state index contributed by atoms with van der Waals surface area (Å²) in [7, 11) is 0. The van der Waals surface area contributed by atoms with E-state index in [0.29, 0.717) is 22.9 Å². The van der Waals surface area contributed by atoms with Gasteiger partial charge in [-0.05, 0) is 42.5 Å². The summed E-state index contributed by atoms with van der Waals surface area (Å²) >= 11 is 1.31. The highest BCUT2D eigenvalue weighted by atomic mass is 32.1. The van der Waals surface area contributed by atoms with Gasteiger partial charge in [0.2, 0.25) is 5.91 Å². The lowest BCUT2D eigenvalue weighted by Gasteiger charge is -2.33. The zero-order valence-corrected chi connectivity index (χ0v) is 18.4. The molecule has 0 radical (unpaired) electrons. The van der Waals surface area contributed by atoms with E-state index in [4.69, 9.17) is 0 Å². The highest BCUT2D eigenvalue weighted by Crippen LogP contribution is 2.40. The van der Waals surface area contributed by atoms with Gasteiger partial charge in [0, 0.05) is 12.3 Å². The normalized spacial score (nSPS) is 19.7. The van der Waals surface area contributed by atoms with Crippen molar-refractivity contribution < 1.29 is 14.4 Å². The van der Waals surface area contributed by atoms with Crippen LogP contribution in [0.15, 0.2) is 60.0 Å². The Bertz CT molecular complexity index is 1210. The number of hydrogen-bond donors (Lipinski definition) is 1. The Morgan fingerprint density at radius 3 is 2.69 bits per heavy atom. The maximum atomic E-state index is 13.5. The minimum atomic E-state index is -1.000. The van der Waals surface area contributed by atoms with Gasteiger partial charge in [0.25, 0.3) is 5.91 Å². The number of anilines is 2. The largest absolute Gasteiger partial charge is 0.325 e. The fraction of sp³-hybridized carbons (Fsp3) is 0.250. The Hall–Kier alpha value is -3.52. The molecule has 0 saturated carbocycles. The molecular formula is C24H22N4O3S. The number of carbonyl (C=O) groups excluding carboxylic acids is 3. The van der Waals surface area contributed by atoms with Crippen LogP contribution >= 0.6 is 11.3 Å². The molecule has 8 heteroatoms. The van der Waals surface area contributed by atoms with E-state index >= 15 is 0 Å². The lowest BCUT2D eigenvalue weighted by molar-refractivity contribution is -0.132. The number of carbonyl (C=O) groups is 3. The molecule has 1 aliphatic heterocycles. The average Bonchev–Trinajstić information content (AvgIpc) is 3.34. The van der Waals surface area contributed by atoms with Crippen molar-refractivity contribution in [2.45, 2.75) is 38.3 Å². The van der Waals surface area contributed by atoms with Crippen LogP contribution in [0, 0.1) is 0 Å². The smallest absolute Gasteiger partial charge is 0.319 e. The maximum Gasteiger partial charge on any atom is 0.325 e. The van der Waals surface area contributed by atoms with Crippen molar-refractivity contribution in [3.05, 3.63) is 76.8 Å². The molecule has 0 bridgehead atoms. The van der Waals surface area contributed by atoms with Crippen LogP contribution in [0.5, 0.6) is 0 Å². The van der Waals surface area contributed by atoms with Gasteiger partial charge in [-0.1, -0.05) is 42.5 Å². The molecule has 5 rings (SSSR count). The van der Waals surface area contributed by atoms with Crippen LogP contribution in [0.25, 0.3) is 0 Å². The Kier molecular flexibility index (Phi) is 5.01. The van der Waals surface area contributed by atoms with Crippen LogP contribution in [-0.2, 0) is 28.1 Å². The first kappa shape index (κ1) is 20.4. The molecule has 3 aromatic rings. The summed E-state index contributed by atoms with van der Waals surface area (Å²) < 4.78 is 0. The number of nitrogens with zero attached hydrogens (tertiary/aromatic N) is 3. The minimum absolute atomic E-state index is 0.0611. The summed E-state index contributed by atoms with van der Waals surface area (Å²) in [5.74, 6) is -0.402. The van der Waals surface area contributed by atoms with Gasteiger partial charge < -0.3 is 5.32 Å². The highest BCUT2D eigenvalue weighted by Gasteiger charge is 2.53. The van der Waals surface area contributed by atoms with E-state index in [9.17, 15) is 14.4 Å². The van der Waals surface area contributed by atoms with E-state index < -0.39 is 11.6 Å². The minimum Gasteiger partial charge on any atom is -0.319 e. The number of para-hydroxylation sites is 1. The molecule has 4 amide bonds. The Morgan fingerprint density at radius 1 is 1.16 bits per heavy atom. The van der Waals surface area contributed by atoms with Crippen molar-refractivity contribution in [3.8, 4) is 0 Å². The van der Waals surface area contributed by atoms with E-state index in [1.807, 2.05) is 54.6 Å². The van der Waals surface area contributed by atoms with Crippen LogP contribution in [0.4, 0.5) is 15.6 Å². The fourth-order valence-corrected chi connectivity index (χ4v) is 5.47. The van der Waals surface area contributed by atoms with Gasteiger partial charge in [0.15, 0.2) is 5.13 Å². The first-order chi connectivity index (χ1) is 15.5. The fourth-order valence-electron chi connectivity index (χ4n) is 4.59. The van der Waals surface area contributed by atoms with Crippen molar-refractivity contribution in [1.82, 2.24) is 15.2 Å². The SMILES string of the molecule is CC(=O)N(c1ccccc1)c1nc(CN2C(=O)NC3(CCCc4ccccc43)C2=O)cs1. The molecule has 1 unspecified atom stereocenters. The quantitative estimate of drug-likeness (QED) is 0.612. The summed E-state index contributed by atoms with van der Waals surface area (Å²) in [6.07, 6.45) is 2.32. The predicted molar refractivity (Wildman–Crippen MR) is 122 cm³/mol. The van der Waals surface area contributed by atoms with Crippen LogP contribution in [0.3, 0.4) is 0 Å². The van der Waals surface area contributed by atoms with Crippen LogP contribution < -0.4 is 10.2 Å². The molecule has 2 aliphatic rings. The van der Waals surface area contributed by atoms with Crippen LogP contribution in [-0.4, -0.2) is 27.7 Å². The van der Waals surface area contributed by atoms with Crippen LogP contribution in [0.1, 0.15) is 36.6 Å². The van der Waals surface area contributed by atoms with Crippen molar-refractivity contribution in [2.24, 2.45) is 0 Å². The Balaban J connectivity index is 1.42. The second-order valence-corrected chi connectivity index (χ2v) is 8.89. The number of rotatable bonds is 4. The Labute approximate surface area is 189 Å². The number of hydrogen-bond acceptors (Lipinski definition) is 5. The van der Waals surface area contributed by atoms with Gasteiger partial charge in [-0.2, -0.15) is 0 Å². The third-order valence-electron chi connectivity index (χ3n) is 6.03. The van der Waals surface area contributed by atoms with Gasteiger partial charge in [-0.15, -0.1) is 11.3 Å². The van der Waals surface area contributed by atoms with Gasteiger partial charge in [0.1, 0.15) is 5.54 Å². The number of amides is 4. The molecule has 1 N–H and O–H groups in total. The van der Waals surface area contributed by atoms with Crippen LogP contribution in [0.2, 0.25) is 0 Å². The predicted octanol–water partition coefficient (Wildman–Crippen LogP) is 4.11. The number of imide groups is 1. The van der Waals surface area contributed by atoms with E-state index in [1.54, 1.807) is 5.38 Å². The highest BCUT2D eigenvalue weighted by molar-refractivity contribution is 7.14. The van der Waals surface area contributed by atoms with E-state index in [-0.39, 0.29) is 18.4 Å². The number of aromatic nitrogens is 1. The number of nitrogens with one attached hydrogen (secondary N) is 1. The topological polar surface area (TPSA) is 82.6 Å². The van der Waals surface area contributed by atoms with Crippen molar-refractivity contribution >= 4 is 40.0 Å². The molecular weight excluding hydrogens is 424 g/mol. The van der Waals surface area contributed by atoms with Crippen molar-refractivity contribution in [1.29, 1.82) is 0 Å². The molecule has 162 valence electrons. The zero-order valence-electron chi connectivity index (χ0n) is 17.6. The summed E-state index contributed by atoms with van der Waals surface area (Å²) in [5, 5.41) is 5.26. The van der Waals surface area contributed by atoms with Gasteiger partial charge in [-0.25, -0.2) is 9.78 Å². The summed E-state index contributed by atoms with van der Waals surface area (Å²) in [6.45, 7) is 1.54. The zero-order chi connectivity index (χ0) is 22.3. The number of thiazole rings is 1. The monoisotopic (exact) mass is 446 g/mol. The lowest BCUT2D eigenvalue weighted by Crippen LogP contribution is -2.46. The van der Waals surface area contributed by atoms with Gasteiger partial charge in [0.05, 0.1) is 17.9 Å². The Morgan fingerprint density at radius 2 is 1.91 bits per heavy atom. The molecule has 2 aromatic carbocycles. The summed E-state index contributed by atoms with van der Waals surface area (Å²) in [4.78, 5) is 46.0. The molecule has 1 saturated heterocycles. The summed E-state index contributed by atoms with van der Waals surface area (Å²) in [6, 6.07) is 16.7. The third kappa shape index (κ3) is 3.27. The average molecular weight is 447 g/mol. The van der Waals surface area contributed by atoms with E-state index in [0.717, 1.165) is 24.0 Å². The molecule has 1 aliphatic carbocycles. The third-order valence-corrected chi connectivity index (χ3v) is 6.91. The first-order valence-corrected chi connectivity index (χ1v) is 11.4. The second-order valence-electron chi connectivity index (χ2n) is 8.05. The molecule has 32 heavy (non-hydrogen) atoms. The molecule has 7 nitrogen and oxygen atoms in total. The second kappa shape index (κ2) is 7.87.